The van der Waals surface area contributed by atoms with Gasteiger partial charge in [-0.1, -0.05) is 26.0 Å². The van der Waals surface area contributed by atoms with Gasteiger partial charge in [0, 0.05) is 12.7 Å². The van der Waals surface area contributed by atoms with Crippen LogP contribution in [0.2, 0.25) is 0 Å². The summed E-state index contributed by atoms with van der Waals surface area (Å²) in [4.78, 5) is 0. The van der Waals surface area contributed by atoms with Crippen molar-refractivity contribution < 1.29 is 9.13 Å². The van der Waals surface area contributed by atoms with E-state index in [4.69, 9.17) is 4.74 Å². The summed E-state index contributed by atoms with van der Waals surface area (Å²) in [6.07, 6.45) is 0.921. The summed E-state index contributed by atoms with van der Waals surface area (Å²) in [6.45, 7) is 4.59. The zero-order valence-electron chi connectivity index (χ0n) is 9.01. The number of benzene rings is 1. The maximum absolute atomic E-state index is 13.4. The minimum absolute atomic E-state index is 0.162. The molecule has 0 aromatic heterocycles. The van der Waals surface area contributed by atoms with Crippen molar-refractivity contribution in [2.75, 3.05) is 7.11 Å². The van der Waals surface area contributed by atoms with E-state index in [-0.39, 0.29) is 5.82 Å². The van der Waals surface area contributed by atoms with E-state index in [9.17, 15) is 4.39 Å². The molecule has 0 unspecified atom stereocenters. The molecule has 0 aliphatic heterocycles. The first-order valence-corrected chi connectivity index (χ1v) is 4.89. The molecule has 0 aliphatic rings. The summed E-state index contributed by atoms with van der Waals surface area (Å²) in [5, 5.41) is 0. The second-order valence-electron chi connectivity index (χ2n) is 3.96. The SMILES string of the molecule is COCc1ccc(CC(C)C)cc1F. The number of hydrogen-bond donors (Lipinski definition) is 0. The standard InChI is InChI=1S/C12H17FO/c1-9(2)6-10-4-5-11(8-14-3)12(13)7-10/h4-5,7,9H,6,8H2,1-3H3. The Kier molecular flexibility index (Phi) is 4.08. The fourth-order valence-corrected chi connectivity index (χ4v) is 1.46. The third kappa shape index (κ3) is 3.11. The molecule has 0 fully saturated rings. The van der Waals surface area contributed by atoms with Crippen LogP contribution in [-0.4, -0.2) is 7.11 Å². The van der Waals surface area contributed by atoms with E-state index in [1.54, 1.807) is 19.2 Å². The molecule has 0 atom stereocenters. The van der Waals surface area contributed by atoms with Crippen LogP contribution in [-0.2, 0) is 17.8 Å². The molecule has 1 aromatic rings. The van der Waals surface area contributed by atoms with Crippen LogP contribution in [0.5, 0.6) is 0 Å². The summed E-state index contributed by atoms with van der Waals surface area (Å²) in [7, 11) is 1.57. The van der Waals surface area contributed by atoms with Gasteiger partial charge in [-0.2, -0.15) is 0 Å². The van der Waals surface area contributed by atoms with Gasteiger partial charge in [0.1, 0.15) is 5.82 Å². The molecule has 0 radical (unpaired) electrons. The molecule has 0 amide bonds. The molecule has 0 aliphatic carbocycles. The zero-order chi connectivity index (χ0) is 10.6. The Morgan fingerprint density at radius 1 is 1.36 bits per heavy atom. The molecule has 0 saturated heterocycles. The predicted molar refractivity (Wildman–Crippen MR) is 55.7 cm³/mol. The smallest absolute Gasteiger partial charge is 0.128 e. The van der Waals surface area contributed by atoms with Crippen LogP contribution in [0, 0.1) is 11.7 Å². The van der Waals surface area contributed by atoms with Gasteiger partial charge in [-0.15, -0.1) is 0 Å². The molecule has 0 heterocycles. The van der Waals surface area contributed by atoms with Crippen molar-refractivity contribution >= 4 is 0 Å². The molecule has 0 bridgehead atoms. The van der Waals surface area contributed by atoms with Gasteiger partial charge in [0.25, 0.3) is 0 Å². The minimum Gasteiger partial charge on any atom is -0.380 e. The normalized spacial score (nSPS) is 10.9. The largest absolute Gasteiger partial charge is 0.380 e. The molecule has 0 saturated carbocycles. The fourth-order valence-electron chi connectivity index (χ4n) is 1.46. The van der Waals surface area contributed by atoms with Crippen molar-refractivity contribution in [2.24, 2.45) is 5.92 Å². The number of hydrogen-bond acceptors (Lipinski definition) is 1. The molecule has 0 spiro atoms. The number of rotatable bonds is 4. The van der Waals surface area contributed by atoms with E-state index < -0.39 is 0 Å². The Labute approximate surface area is 84.9 Å². The van der Waals surface area contributed by atoms with Gasteiger partial charge in [-0.25, -0.2) is 4.39 Å². The van der Waals surface area contributed by atoms with Gasteiger partial charge >= 0.3 is 0 Å². The lowest BCUT2D eigenvalue weighted by Crippen LogP contribution is -1.98. The van der Waals surface area contributed by atoms with Crippen molar-refractivity contribution in [1.82, 2.24) is 0 Å². The highest BCUT2D eigenvalue weighted by atomic mass is 19.1. The maximum Gasteiger partial charge on any atom is 0.128 e. The van der Waals surface area contributed by atoms with Gasteiger partial charge in [0.05, 0.1) is 6.61 Å². The summed E-state index contributed by atoms with van der Waals surface area (Å²) >= 11 is 0. The van der Waals surface area contributed by atoms with Gasteiger partial charge in [0.15, 0.2) is 0 Å². The van der Waals surface area contributed by atoms with Crippen molar-refractivity contribution in [1.29, 1.82) is 0 Å². The first kappa shape index (κ1) is 11.2. The molecular formula is C12H17FO. The summed E-state index contributed by atoms with van der Waals surface area (Å²) in [5.41, 5.74) is 1.68. The number of ether oxygens (including phenoxy) is 1. The first-order chi connectivity index (χ1) is 6.63. The van der Waals surface area contributed by atoms with Crippen molar-refractivity contribution in [2.45, 2.75) is 26.9 Å². The monoisotopic (exact) mass is 196 g/mol. The summed E-state index contributed by atoms with van der Waals surface area (Å²) < 4.78 is 18.3. The Bertz CT molecular complexity index is 294. The van der Waals surface area contributed by atoms with E-state index in [1.165, 1.54) is 0 Å². The quantitative estimate of drug-likeness (QED) is 0.718. The lowest BCUT2D eigenvalue weighted by molar-refractivity contribution is 0.181. The third-order valence-electron chi connectivity index (χ3n) is 2.06. The summed E-state index contributed by atoms with van der Waals surface area (Å²) in [5.74, 6) is 0.396. The Balaban J connectivity index is 2.78. The van der Waals surface area contributed by atoms with Gasteiger partial charge in [-0.05, 0) is 24.0 Å². The lowest BCUT2D eigenvalue weighted by atomic mass is 10.0. The topological polar surface area (TPSA) is 9.23 Å². The highest BCUT2D eigenvalue weighted by Gasteiger charge is 2.04. The Morgan fingerprint density at radius 2 is 2.07 bits per heavy atom. The minimum atomic E-state index is -0.162. The summed E-state index contributed by atoms with van der Waals surface area (Å²) in [6, 6.07) is 5.38. The second-order valence-corrected chi connectivity index (χ2v) is 3.96. The third-order valence-corrected chi connectivity index (χ3v) is 2.06. The first-order valence-electron chi connectivity index (χ1n) is 4.89. The van der Waals surface area contributed by atoms with Crippen LogP contribution >= 0.6 is 0 Å². The predicted octanol–water partition coefficient (Wildman–Crippen LogP) is 3.17. The number of halogens is 1. The van der Waals surface area contributed by atoms with Crippen molar-refractivity contribution in [3.8, 4) is 0 Å². The van der Waals surface area contributed by atoms with E-state index in [0.29, 0.717) is 18.1 Å². The van der Waals surface area contributed by atoms with E-state index in [0.717, 1.165) is 12.0 Å². The van der Waals surface area contributed by atoms with Crippen molar-refractivity contribution in [3.05, 3.63) is 35.1 Å². The van der Waals surface area contributed by atoms with E-state index in [1.807, 2.05) is 6.07 Å². The molecule has 0 N–H and O–H groups in total. The van der Waals surface area contributed by atoms with Gasteiger partial charge in [0.2, 0.25) is 0 Å². The van der Waals surface area contributed by atoms with Crippen LogP contribution < -0.4 is 0 Å². The zero-order valence-corrected chi connectivity index (χ0v) is 9.01. The molecule has 14 heavy (non-hydrogen) atoms. The molecule has 1 aromatic carbocycles. The molecule has 78 valence electrons. The van der Waals surface area contributed by atoms with Crippen LogP contribution in [0.4, 0.5) is 4.39 Å². The molecule has 2 heteroatoms. The van der Waals surface area contributed by atoms with Crippen LogP contribution in [0.3, 0.4) is 0 Å². The van der Waals surface area contributed by atoms with Gasteiger partial charge < -0.3 is 4.74 Å². The molecular weight excluding hydrogens is 179 g/mol. The average Bonchev–Trinajstić information content (AvgIpc) is 2.09. The van der Waals surface area contributed by atoms with Gasteiger partial charge in [-0.3, -0.25) is 0 Å². The van der Waals surface area contributed by atoms with Crippen LogP contribution in [0.25, 0.3) is 0 Å². The molecule has 1 rings (SSSR count). The Hall–Kier alpha value is -0.890. The second kappa shape index (κ2) is 5.11. The maximum atomic E-state index is 13.4. The van der Waals surface area contributed by atoms with Crippen molar-refractivity contribution in [3.63, 3.8) is 0 Å². The molecule has 1 nitrogen and oxygen atoms in total. The average molecular weight is 196 g/mol. The highest BCUT2D eigenvalue weighted by Crippen LogP contribution is 2.14. The van der Waals surface area contributed by atoms with E-state index >= 15 is 0 Å². The number of methoxy groups -OCH3 is 1. The highest BCUT2D eigenvalue weighted by molar-refractivity contribution is 5.24. The van der Waals surface area contributed by atoms with Crippen LogP contribution in [0.15, 0.2) is 18.2 Å². The van der Waals surface area contributed by atoms with Crippen LogP contribution in [0.1, 0.15) is 25.0 Å². The Morgan fingerprint density at radius 3 is 2.57 bits per heavy atom. The lowest BCUT2D eigenvalue weighted by Gasteiger charge is -2.07. The van der Waals surface area contributed by atoms with E-state index in [2.05, 4.69) is 13.8 Å². The fraction of sp³-hybridized carbons (Fsp3) is 0.500.